The molecule has 0 aliphatic heterocycles. The highest BCUT2D eigenvalue weighted by Gasteiger charge is 2.06. The predicted octanol–water partition coefficient (Wildman–Crippen LogP) is 1.11. The zero-order chi connectivity index (χ0) is 9.84. The molecule has 0 atom stereocenters. The minimum absolute atomic E-state index is 0.449. The molecule has 0 aliphatic rings. The van der Waals surface area contributed by atoms with E-state index in [1.54, 1.807) is 6.07 Å². The van der Waals surface area contributed by atoms with Crippen molar-refractivity contribution in [2.24, 2.45) is 5.84 Å². The predicted molar refractivity (Wildman–Crippen MR) is 50.9 cm³/mol. The number of hydrogen-bond donors (Lipinski definition) is 2. The van der Waals surface area contributed by atoms with E-state index in [0.29, 0.717) is 11.4 Å². The third kappa shape index (κ3) is 1.76. The van der Waals surface area contributed by atoms with E-state index in [9.17, 15) is 0 Å². The molecule has 0 aliphatic carbocycles. The standard InChI is InChI=1S/C9H12N4/c1-3-8-6(2)4-7(5-10)9(12-8)13-11/h4H,3,11H2,1-2H3,(H,12,13). The van der Waals surface area contributed by atoms with E-state index < -0.39 is 0 Å². The van der Waals surface area contributed by atoms with Crippen LogP contribution in [0.3, 0.4) is 0 Å². The van der Waals surface area contributed by atoms with Crippen LogP contribution in [0.15, 0.2) is 6.07 Å². The Hall–Kier alpha value is -1.60. The Balaban J connectivity index is 3.28. The van der Waals surface area contributed by atoms with Crippen LogP contribution in [-0.2, 0) is 6.42 Å². The van der Waals surface area contributed by atoms with Crippen molar-refractivity contribution in [3.05, 3.63) is 22.9 Å². The summed E-state index contributed by atoms with van der Waals surface area (Å²) in [4.78, 5) is 4.22. The summed E-state index contributed by atoms with van der Waals surface area (Å²) in [6.45, 7) is 3.95. The summed E-state index contributed by atoms with van der Waals surface area (Å²) in [7, 11) is 0. The summed E-state index contributed by atoms with van der Waals surface area (Å²) in [6.07, 6.45) is 0.840. The molecule has 0 radical (unpaired) electrons. The molecule has 0 bridgehead atoms. The van der Waals surface area contributed by atoms with Crippen LogP contribution in [0.25, 0.3) is 0 Å². The number of hydrazine groups is 1. The van der Waals surface area contributed by atoms with Crippen LogP contribution < -0.4 is 11.3 Å². The SMILES string of the molecule is CCc1nc(NN)c(C#N)cc1C. The molecule has 1 aromatic heterocycles. The van der Waals surface area contributed by atoms with Crippen LogP contribution in [0.2, 0.25) is 0 Å². The summed E-state index contributed by atoms with van der Waals surface area (Å²) >= 11 is 0. The first-order valence-corrected chi connectivity index (χ1v) is 4.10. The van der Waals surface area contributed by atoms with E-state index in [1.807, 2.05) is 19.9 Å². The van der Waals surface area contributed by atoms with Crippen LogP contribution in [0.1, 0.15) is 23.7 Å². The van der Waals surface area contributed by atoms with Gasteiger partial charge in [-0.1, -0.05) is 6.92 Å². The van der Waals surface area contributed by atoms with Gasteiger partial charge >= 0.3 is 0 Å². The molecule has 0 spiro atoms. The lowest BCUT2D eigenvalue weighted by Crippen LogP contribution is -2.12. The molecule has 1 heterocycles. The summed E-state index contributed by atoms with van der Waals surface area (Å²) < 4.78 is 0. The Morgan fingerprint density at radius 1 is 1.69 bits per heavy atom. The lowest BCUT2D eigenvalue weighted by Gasteiger charge is -2.07. The number of anilines is 1. The maximum absolute atomic E-state index is 8.75. The molecule has 4 heteroatoms. The normalized spacial score (nSPS) is 9.38. The maximum Gasteiger partial charge on any atom is 0.158 e. The largest absolute Gasteiger partial charge is 0.307 e. The molecule has 1 aromatic rings. The van der Waals surface area contributed by atoms with E-state index >= 15 is 0 Å². The lowest BCUT2D eigenvalue weighted by atomic mass is 10.1. The molecular formula is C9H12N4. The smallest absolute Gasteiger partial charge is 0.158 e. The summed E-state index contributed by atoms with van der Waals surface area (Å²) in [5, 5.41) is 8.75. The van der Waals surface area contributed by atoms with Crippen molar-refractivity contribution >= 4 is 5.82 Å². The van der Waals surface area contributed by atoms with E-state index in [2.05, 4.69) is 10.4 Å². The Bertz CT molecular complexity index is 351. The number of nitrogens with one attached hydrogen (secondary N) is 1. The first-order chi connectivity index (χ1) is 6.22. The number of aryl methyl sites for hydroxylation is 2. The Labute approximate surface area is 77.4 Å². The molecule has 13 heavy (non-hydrogen) atoms. The van der Waals surface area contributed by atoms with Gasteiger partial charge in [0.1, 0.15) is 6.07 Å². The Kier molecular flexibility index (Phi) is 2.83. The molecule has 68 valence electrons. The average Bonchev–Trinajstić information content (AvgIpc) is 2.17. The Morgan fingerprint density at radius 2 is 2.38 bits per heavy atom. The fraction of sp³-hybridized carbons (Fsp3) is 0.333. The van der Waals surface area contributed by atoms with Crippen LogP contribution in [-0.4, -0.2) is 4.98 Å². The molecule has 0 fully saturated rings. The Morgan fingerprint density at radius 3 is 2.85 bits per heavy atom. The van der Waals surface area contributed by atoms with Crippen molar-refractivity contribution in [1.29, 1.82) is 5.26 Å². The minimum Gasteiger partial charge on any atom is -0.307 e. The van der Waals surface area contributed by atoms with Gasteiger partial charge in [-0.2, -0.15) is 5.26 Å². The van der Waals surface area contributed by atoms with Gasteiger partial charge in [-0.15, -0.1) is 0 Å². The maximum atomic E-state index is 8.75. The fourth-order valence-corrected chi connectivity index (χ4v) is 1.20. The molecule has 3 N–H and O–H groups in total. The number of nitriles is 1. The number of nitrogen functional groups attached to an aromatic ring is 1. The third-order valence-corrected chi connectivity index (χ3v) is 1.91. The second kappa shape index (κ2) is 3.87. The number of nitrogens with zero attached hydrogens (tertiary/aromatic N) is 2. The van der Waals surface area contributed by atoms with E-state index in [0.717, 1.165) is 17.7 Å². The topological polar surface area (TPSA) is 74.7 Å². The van der Waals surface area contributed by atoms with Crippen molar-refractivity contribution in [2.75, 3.05) is 5.43 Å². The lowest BCUT2D eigenvalue weighted by molar-refractivity contribution is 1.00. The number of hydrogen-bond acceptors (Lipinski definition) is 4. The molecule has 0 unspecified atom stereocenters. The van der Waals surface area contributed by atoms with Crippen molar-refractivity contribution in [3.63, 3.8) is 0 Å². The highest BCUT2D eigenvalue weighted by atomic mass is 15.2. The van der Waals surface area contributed by atoms with Crippen molar-refractivity contribution in [1.82, 2.24) is 4.98 Å². The number of rotatable bonds is 2. The second-order valence-corrected chi connectivity index (χ2v) is 2.76. The van der Waals surface area contributed by atoms with Gasteiger partial charge in [0.05, 0.1) is 5.56 Å². The van der Waals surface area contributed by atoms with Gasteiger partial charge in [-0.05, 0) is 25.0 Å². The molecule has 4 nitrogen and oxygen atoms in total. The van der Waals surface area contributed by atoms with Crippen LogP contribution in [0, 0.1) is 18.3 Å². The van der Waals surface area contributed by atoms with Gasteiger partial charge in [0.15, 0.2) is 5.82 Å². The number of pyridine rings is 1. The number of nitrogens with two attached hydrogens (primary N) is 1. The average molecular weight is 176 g/mol. The van der Waals surface area contributed by atoms with Crippen LogP contribution in [0.4, 0.5) is 5.82 Å². The summed E-state index contributed by atoms with van der Waals surface area (Å²) in [5.74, 6) is 5.69. The molecule has 0 amide bonds. The van der Waals surface area contributed by atoms with Gasteiger partial charge in [0, 0.05) is 5.69 Å². The van der Waals surface area contributed by atoms with Crippen LogP contribution in [0.5, 0.6) is 0 Å². The van der Waals surface area contributed by atoms with Gasteiger partial charge in [-0.25, -0.2) is 10.8 Å². The van der Waals surface area contributed by atoms with E-state index in [4.69, 9.17) is 11.1 Å². The zero-order valence-electron chi connectivity index (χ0n) is 7.76. The quantitative estimate of drug-likeness (QED) is 0.523. The van der Waals surface area contributed by atoms with Gasteiger partial charge < -0.3 is 5.43 Å². The first-order valence-electron chi connectivity index (χ1n) is 4.10. The van der Waals surface area contributed by atoms with Crippen LogP contribution >= 0.6 is 0 Å². The molecule has 0 saturated heterocycles. The zero-order valence-corrected chi connectivity index (χ0v) is 7.76. The van der Waals surface area contributed by atoms with Gasteiger partial charge in [0.25, 0.3) is 0 Å². The molecule has 0 saturated carbocycles. The second-order valence-electron chi connectivity index (χ2n) is 2.76. The monoisotopic (exact) mass is 176 g/mol. The first kappa shape index (κ1) is 9.49. The van der Waals surface area contributed by atoms with E-state index in [-0.39, 0.29) is 0 Å². The van der Waals surface area contributed by atoms with Gasteiger partial charge in [0.2, 0.25) is 0 Å². The van der Waals surface area contributed by atoms with Gasteiger partial charge in [-0.3, -0.25) is 0 Å². The summed E-state index contributed by atoms with van der Waals surface area (Å²) in [5.41, 5.74) is 4.89. The van der Waals surface area contributed by atoms with E-state index in [1.165, 1.54) is 0 Å². The van der Waals surface area contributed by atoms with Crippen molar-refractivity contribution in [2.45, 2.75) is 20.3 Å². The minimum atomic E-state index is 0.449. The third-order valence-electron chi connectivity index (χ3n) is 1.91. The fourth-order valence-electron chi connectivity index (χ4n) is 1.20. The highest BCUT2D eigenvalue weighted by Crippen LogP contribution is 2.15. The van der Waals surface area contributed by atoms with Crippen molar-refractivity contribution < 1.29 is 0 Å². The summed E-state index contributed by atoms with van der Waals surface area (Å²) in [6, 6.07) is 3.83. The number of aromatic nitrogens is 1. The highest BCUT2D eigenvalue weighted by molar-refractivity contribution is 5.53. The molecule has 0 aromatic carbocycles. The molecule has 1 rings (SSSR count). The molecular weight excluding hydrogens is 164 g/mol. The van der Waals surface area contributed by atoms with Crippen molar-refractivity contribution in [3.8, 4) is 6.07 Å².